The van der Waals surface area contributed by atoms with Gasteiger partial charge in [-0.15, -0.1) is 11.3 Å². The Morgan fingerprint density at radius 2 is 2.30 bits per heavy atom. The molecule has 1 radical (unpaired) electrons. The quantitative estimate of drug-likeness (QED) is 0.636. The van der Waals surface area contributed by atoms with Crippen molar-refractivity contribution in [3.63, 3.8) is 0 Å². The first kappa shape index (κ1) is 17.8. The molecule has 2 atom stereocenters. The molecule has 2 amide bonds. The molecule has 1 saturated heterocycles. The fraction of sp³-hybridized carbons (Fsp3) is 0.600. The zero-order valence-corrected chi connectivity index (χ0v) is 13.8. The number of hydrogen-bond acceptors (Lipinski definition) is 6. The van der Waals surface area contributed by atoms with Crippen LogP contribution in [0.4, 0.5) is 0 Å². The molecule has 23 heavy (non-hydrogen) atoms. The van der Waals surface area contributed by atoms with Crippen LogP contribution in [0.5, 0.6) is 0 Å². The van der Waals surface area contributed by atoms with Gasteiger partial charge in [0.1, 0.15) is 6.04 Å². The van der Waals surface area contributed by atoms with Crippen LogP contribution < -0.4 is 11.5 Å². The van der Waals surface area contributed by atoms with Gasteiger partial charge in [0.15, 0.2) is 0 Å². The molecule has 1 aliphatic rings. The normalized spacial score (nSPS) is 21.4. The molecule has 2 unspecified atom stereocenters. The van der Waals surface area contributed by atoms with Gasteiger partial charge in [-0.3, -0.25) is 9.59 Å². The molecule has 5 N–H and O–H groups in total. The predicted molar refractivity (Wildman–Crippen MR) is 87.1 cm³/mol. The third-order valence-electron chi connectivity index (χ3n) is 4.12. The van der Waals surface area contributed by atoms with E-state index in [1.54, 1.807) is 6.42 Å². The third kappa shape index (κ3) is 4.73. The van der Waals surface area contributed by atoms with Crippen molar-refractivity contribution in [3.05, 3.63) is 22.5 Å². The summed E-state index contributed by atoms with van der Waals surface area (Å²) in [5.41, 5.74) is 11.8. The maximum absolute atomic E-state index is 12.4. The Morgan fingerprint density at radius 1 is 1.52 bits per heavy atom. The average molecular weight is 339 g/mol. The van der Waals surface area contributed by atoms with Crippen LogP contribution in [0.25, 0.3) is 0 Å². The number of amides is 2. The standard InChI is InChI=1S/C15H23N4O3S/c16-8-11-9-23-13(18-11)1-2-14(21)19-5-3-10(4-6-20)7-12(19)15(17)22/h2,9-10,12,20H,1,3-8,16H2,(H2,17,22). The van der Waals surface area contributed by atoms with Crippen LogP contribution >= 0.6 is 11.3 Å². The molecule has 1 fully saturated rings. The maximum Gasteiger partial charge on any atom is 0.240 e. The van der Waals surface area contributed by atoms with E-state index in [1.165, 1.54) is 16.2 Å². The Hall–Kier alpha value is -1.51. The summed E-state index contributed by atoms with van der Waals surface area (Å²) in [5, 5.41) is 11.7. The van der Waals surface area contributed by atoms with E-state index in [0.717, 1.165) is 17.1 Å². The van der Waals surface area contributed by atoms with Gasteiger partial charge in [0.25, 0.3) is 0 Å². The lowest BCUT2D eigenvalue weighted by Gasteiger charge is -2.37. The first-order valence-electron chi connectivity index (χ1n) is 7.72. The summed E-state index contributed by atoms with van der Waals surface area (Å²) in [5.74, 6) is -0.456. The van der Waals surface area contributed by atoms with Crippen molar-refractivity contribution in [1.82, 2.24) is 9.88 Å². The number of nitrogens with two attached hydrogens (primary N) is 2. The van der Waals surface area contributed by atoms with Crippen LogP contribution in [0.1, 0.15) is 30.0 Å². The Bertz CT molecular complexity index is 549. The maximum atomic E-state index is 12.4. The van der Waals surface area contributed by atoms with E-state index in [4.69, 9.17) is 16.6 Å². The van der Waals surface area contributed by atoms with E-state index in [-0.39, 0.29) is 18.4 Å². The Morgan fingerprint density at radius 3 is 2.91 bits per heavy atom. The minimum Gasteiger partial charge on any atom is -0.396 e. The van der Waals surface area contributed by atoms with Gasteiger partial charge in [0, 0.05) is 31.5 Å². The van der Waals surface area contributed by atoms with Crippen molar-refractivity contribution in [3.8, 4) is 0 Å². The highest BCUT2D eigenvalue weighted by atomic mass is 32.1. The van der Waals surface area contributed by atoms with E-state index >= 15 is 0 Å². The van der Waals surface area contributed by atoms with Gasteiger partial charge in [-0.05, 0) is 25.2 Å². The number of aliphatic hydroxyl groups is 1. The zero-order chi connectivity index (χ0) is 16.8. The number of aliphatic hydroxyl groups excluding tert-OH is 1. The zero-order valence-electron chi connectivity index (χ0n) is 13.0. The van der Waals surface area contributed by atoms with Crippen molar-refractivity contribution >= 4 is 23.2 Å². The van der Waals surface area contributed by atoms with E-state index in [9.17, 15) is 9.59 Å². The molecule has 0 aromatic carbocycles. The monoisotopic (exact) mass is 339 g/mol. The van der Waals surface area contributed by atoms with E-state index in [0.29, 0.717) is 32.4 Å². The van der Waals surface area contributed by atoms with Gasteiger partial charge in [0.2, 0.25) is 11.8 Å². The summed E-state index contributed by atoms with van der Waals surface area (Å²) in [7, 11) is 0. The van der Waals surface area contributed by atoms with Crippen molar-refractivity contribution in [2.75, 3.05) is 13.2 Å². The number of primary amides is 1. The second-order valence-electron chi connectivity index (χ2n) is 5.70. The van der Waals surface area contributed by atoms with Crippen LogP contribution in [-0.4, -0.2) is 46.0 Å². The number of likely N-dealkylation sites (tertiary alicyclic amines) is 1. The number of hydrogen-bond donors (Lipinski definition) is 3. The highest BCUT2D eigenvalue weighted by molar-refractivity contribution is 7.09. The summed E-state index contributed by atoms with van der Waals surface area (Å²) < 4.78 is 0. The summed E-state index contributed by atoms with van der Waals surface area (Å²) in [6, 6.07) is -0.597. The highest BCUT2D eigenvalue weighted by Gasteiger charge is 2.34. The Balaban J connectivity index is 1.92. The summed E-state index contributed by atoms with van der Waals surface area (Å²) >= 11 is 1.46. The van der Waals surface area contributed by atoms with Gasteiger partial charge in [-0.2, -0.15) is 0 Å². The number of thiazole rings is 1. The number of carbonyl (C=O) groups excluding carboxylic acids is 2. The van der Waals surface area contributed by atoms with Crippen molar-refractivity contribution in [2.24, 2.45) is 17.4 Å². The fourth-order valence-corrected chi connectivity index (χ4v) is 3.62. The molecule has 1 aromatic heterocycles. The second-order valence-corrected chi connectivity index (χ2v) is 6.64. The molecule has 1 aromatic rings. The summed E-state index contributed by atoms with van der Waals surface area (Å²) in [6.45, 7) is 0.954. The van der Waals surface area contributed by atoms with Gasteiger partial charge in [0.05, 0.1) is 17.1 Å². The van der Waals surface area contributed by atoms with E-state index < -0.39 is 11.9 Å². The first-order chi connectivity index (χ1) is 11.0. The molecule has 0 saturated carbocycles. The van der Waals surface area contributed by atoms with Crippen LogP contribution in [-0.2, 0) is 22.6 Å². The molecule has 2 heterocycles. The van der Waals surface area contributed by atoms with Crippen LogP contribution in [0.2, 0.25) is 0 Å². The molecular weight excluding hydrogens is 316 g/mol. The predicted octanol–water partition coefficient (Wildman–Crippen LogP) is -0.177. The van der Waals surface area contributed by atoms with Crippen molar-refractivity contribution < 1.29 is 14.7 Å². The van der Waals surface area contributed by atoms with Crippen molar-refractivity contribution in [1.29, 1.82) is 0 Å². The molecule has 7 nitrogen and oxygen atoms in total. The molecule has 2 rings (SSSR count). The average Bonchev–Trinajstić information content (AvgIpc) is 3.01. The number of rotatable bonds is 7. The van der Waals surface area contributed by atoms with Gasteiger partial charge in [-0.25, -0.2) is 4.98 Å². The SMILES string of the molecule is NCc1csc(C[CH]C(=O)N2CCC(CCO)CC2C(N)=O)n1. The van der Waals surface area contributed by atoms with E-state index in [2.05, 4.69) is 4.98 Å². The molecule has 0 spiro atoms. The largest absolute Gasteiger partial charge is 0.396 e. The summed E-state index contributed by atoms with van der Waals surface area (Å²) in [6.07, 6.45) is 3.89. The third-order valence-corrected chi connectivity index (χ3v) is 5.04. The number of piperidine rings is 1. The minimum absolute atomic E-state index is 0.0870. The van der Waals surface area contributed by atoms with E-state index in [1.807, 2.05) is 5.38 Å². The number of aromatic nitrogens is 1. The van der Waals surface area contributed by atoms with Crippen LogP contribution in [0.3, 0.4) is 0 Å². The first-order valence-corrected chi connectivity index (χ1v) is 8.60. The van der Waals surface area contributed by atoms with Gasteiger partial charge >= 0.3 is 0 Å². The number of carbonyl (C=O) groups is 2. The number of nitrogens with zero attached hydrogens (tertiary/aromatic N) is 2. The van der Waals surface area contributed by atoms with Crippen LogP contribution in [0, 0.1) is 12.3 Å². The molecule has 0 aliphatic carbocycles. The smallest absolute Gasteiger partial charge is 0.240 e. The molecule has 8 heteroatoms. The lowest BCUT2D eigenvalue weighted by Crippen LogP contribution is -2.52. The topological polar surface area (TPSA) is 123 Å². The minimum atomic E-state index is -0.597. The van der Waals surface area contributed by atoms with Gasteiger partial charge in [-0.1, -0.05) is 0 Å². The lowest BCUT2D eigenvalue weighted by molar-refractivity contribution is -0.139. The Labute approximate surface area is 139 Å². The second kappa shape index (κ2) is 8.37. The molecule has 127 valence electrons. The Kier molecular flexibility index (Phi) is 6.49. The van der Waals surface area contributed by atoms with Crippen LogP contribution in [0.15, 0.2) is 5.38 Å². The fourth-order valence-electron chi connectivity index (χ4n) is 2.84. The van der Waals surface area contributed by atoms with Crippen molar-refractivity contribution in [2.45, 2.75) is 38.3 Å². The highest BCUT2D eigenvalue weighted by Crippen LogP contribution is 2.26. The summed E-state index contributed by atoms with van der Waals surface area (Å²) in [4.78, 5) is 29.9. The molecular formula is C15H23N4O3S. The lowest BCUT2D eigenvalue weighted by atomic mass is 9.88. The molecule has 0 bridgehead atoms. The van der Waals surface area contributed by atoms with Gasteiger partial charge < -0.3 is 21.5 Å². The molecule has 1 aliphatic heterocycles.